The van der Waals surface area contributed by atoms with Crippen LogP contribution in [-0.4, -0.2) is 26.4 Å². The Balaban J connectivity index is 1.98. The lowest BCUT2D eigenvalue weighted by atomic mass is 10.1. The molecule has 0 spiro atoms. The molecule has 158 valence electrons. The lowest BCUT2D eigenvalue weighted by molar-refractivity contribution is 0.0946. The van der Waals surface area contributed by atoms with Gasteiger partial charge in [-0.25, -0.2) is 4.98 Å². The van der Waals surface area contributed by atoms with Gasteiger partial charge in [0.2, 0.25) is 0 Å². The van der Waals surface area contributed by atoms with Gasteiger partial charge in [-0.15, -0.1) is 0 Å². The molecule has 31 heavy (non-hydrogen) atoms. The van der Waals surface area contributed by atoms with E-state index >= 15 is 0 Å². The molecule has 1 aromatic carbocycles. The summed E-state index contributed by atoms with van der Waals surface area (Å²) in [7, 11) is 0. The topological polar surface area (TPSA) is 92.2 Å². The average Bonchev–Trinajstić information content (AvgIpc) is 2.75. The minimum absolute atomic E-state index is 0.0292. The summed E-state index contributed by atoms with van der Waals surface area (Å²) in [6, 6.07) is 14.8. The third-order valence-corrected chi connectivity index (χ3v) is 5.20. The van der Waals surface area contributed by atoms with Crippen molar-refractivity contribution in [2.24, 2.45) is 5.92 Å². The Morgan fingerprint density at radius 1 is 1.16 bits per heavy atom. The fraction of sp³-hybridized carbons (Fsp3) is 0.250. The second-order valence-electron chi connectivity index (χ2n) is 8.17. The number of carbonyl (C=O) groups is 1. The van der Waals surface area contributed by atoms with Crippen molar-refractivity contribution >= 4 is 22.6 Å². The Kier molecular flexibility index (Phi) is 5.42. The van der Waals surface area contributed by atoms with Crippen LogP contribution in [0, 0.1) is 18.3 Å². The first-order valence-electron chi connectivity index (χ1n) is 10.3. The third-order valence-electron chi connectivity index (χ3n) is 5.20. The highest BCUT2D eigenvalue weighted by molar-refractivity contribution is 5.96. The first-order chi connectivity index (χ1) is 14.8. The number of pyridine rings is 2. The zero-order valence-electron chi connectivity index (χ0n) is 17.8. The molecule has 4 aromatic rings. The molecule has 7 nitrogen and oxygen atoms in total. The zero-order chi connectivity index (χ0) is 22.1. The van der Waals surface area contributed by atoms with Gasteiger partial charge >= 0.3 is 0 Å². The van der Waals surface area contributed by atoms with E-state index in [4.69, 9.17) is 5.41 Å². The van der Waals surface area contributed by atoms with Crippen LogP contribution in [0.15, 0.2) is 59.5 Å². The molecule has 4 rings (SSSR count). The number of rotatable bonds is 5. The number of carbonyl (C=O) groups excluding carboxylic acids is 1. The molecule has 0 atom stereocenters. The van der Waals surface area contributed by atoms with E-state index in [1.165, 1.54) is 10.5 Å². The first kappa shape index (κ1) is 20.5. The summed E-state index contributed by atoms with van der Waals surface area (Å²) in [5, 5.41) is 11.9. The van der Waals surface area contributed by atoms with E-state index in [9.17, 15) is 9.59 Å². The van der Waals surface area contributed by atoms with Crippen molar-refractivity contribution in [1.82, 2.24) is 19.3 Å². The molecule has 0 saturated heterocycles. The van der Waals surface area contributed by atoms with Crippen LogP contribution in [0.3, 0.4) is 0 Å². The number of aromatic nitrogens is 3. The Morgan fingerprint density at radius 2 is 1.90 bits per heavy atom. The van der Waals surface area contributed by atoms with Gasteiger partial charge in [0.1, 0.15) is 16.8 Å². The molecule has 7 heteroatoms. The third kappa shape index (κ3) is 3.99. The van der Waals surface area contributed by atoms with Crippen LogP contribution >= 0.6 is 0 Å². The van der Waals surface area contributed by atoms with E-state index in [0.29, 0.717) is 29.8 Å². The highest BCUT2D eigenvalue weighted by atomic mass is 16.1. The van der Waals surface area contributed by atoms with E-state index in [2.05, 4.69) is 10.3 Å². The predicted molar refractivity (Wildman–Crippen MR) is 120 cm³/mol. The number of nitrogens with one attached hydrogen (secondary N) is 2. The van der Waals surface area contributed by atoms with Crippen molar-refractivity contribution in [3.63, 3.8) is 0 Å². The molecule has 0 bridgehead atoms. The molecule has 0 fully saturated rings. The molecule has 3 heterocycles. The van der Waals surface area contributed by atoms with Crippen LogP contribution in [0.25, 0.3) is 16.7 Å². The Bertz CT molecular complexity index is 1400. The molecule has 2 N–H and O–H groups in total. The van der Waals surface area contributed by atoms with Crippen LogP contribution in [0.2, 0.25) is 0 Å². The summed E-state index contributed by atoms with van der Waals surface area (Å²) in [5.41, 5.74) is 2.90. The second kappa shape index (κ2) is 8.18. The Hall–Kier alpha value is -3.74. The lowest BCUT2D eigenvalue weighted by Gasteiger charge is -2.15. The normalized spacial score (nSPS) is 11.4. The molecule has 0 aliphatic carbocycles. The summed E-state index contributed by atoms with van der Waals surface area (Å²) in [5.74, 6) is -0.0923. The fourth-order valence-corrected chi connectivity index (χ4v) is 3.48. The van der Waals surface area contributed by atoms with Crippen molar-refractivity contribution in [3.05, 3.63) is 87.3 Å². The maximum Gasteiger partial charge on any atom is 0.267 e. The molecule has 0 saturated carbocycles. The minimum atomic E-state index is -0.365. The van der Waals surface area contributed by atoms with Crippen molar-refractivity contribution in [1.29, 1.82) is 5.41 Å². The largest absolute Gasteiger partial charge is 0.352 e. The van der Waals surface area contributed by atoms with Crippen molar-refractivity contribution in [2.45, 2.75) is 27.3 Å². The second-order valence-corrected chi connectivity index (χ2v) is 8.17. The summed E-state index contributed by atoms with van der Waals surface area (Å²) >= 11 is 0. The van der Waals surface area contributed by atoms with Gasteiger partial charge < -0.3 is 9.88 Å². The number of benzene rings is 1. The number of fused-ring (bicyclic) bond motifs is 2. The maximum absolute atomic E-state index is 13.2. The molecule has 0 aliphatic rings. The van der Waals surface area contributed by atoms with E-state index in [0.717, 1.165) is 11.1 Å². The lowest BCUT2D eigenvalue weighted by Crippen LogP contribution is -2.36. The number of hydrogen-bond donors (Lipinski definition) is 2. The number of aryl methyl sites for hydroxylation is 1. The van der Waals surface area contributed by atoms with Crippen LogP contribution in [0.1, 0.15) is 35.3 Å². The highest BCUT2D eigenvalue weighted by Crippen LogP contribution is 2.13. The standard InChI is InChI=1S/C24H25N5O2/c1-15(2)13-26-23(30)18-12-19-22(27-20-6-4-5-11-28(20)24(19)31)29(21(18)25)14-17-9-7-16(3)8-10-17/h4-12,15,25H,13-14H2,1-3H3,(H,26,30). The number of hydrogen-bond acceptors (Lipinski definition) is 4. The SMILES string of the molecule is Cc1ccc(Cn2c(=N)c(C(=O)NCC(C)C)cc3c(=O)n4ccccc4nc32)cc1. The number of amides is 1. The summed E-state index contributed by atoms with van der Waals surface area (Å²) in [6.45, 7) is 6.83. The Labute approximate surface area is 179 Å². The van der Waals surface area contributed by atoms with E-state index in [1.54, 1.807) is 22.9 Å². The fourth-order valence-electron chi connectivity index (χ4n) is 3.48. The minimum Gasteiger partial charge on any atom is -0.352 e. The summed E-state index contributed by atoms with van der Waals surface area (Å²) in [4.78, 5) is 30.7. The molecular formula is C24H25N5O2. The van der Waals surface area contributed by atoms with Crippen molar-refractivity contribution in [3.8, 4) is 0 Å². The van der Waals surface area contributed by atoms with Gasteiger partial charge in [-0.05, 0) is 36.6 Å². The van der Waals surface area contributed by atoms with Crippen LogP contribution < -0.4 is 16.4 Å². The van der Waals surface area contributed by atoms with Gasteiger partial charge in [0, 0.05) is 12.7 Å². The monoisotopic (exact) mass is 415 g/mol. The molecule has 0 radical (unpaired) electrons. The van der Waals surface area contributed by atoms with Gasteiger partial charge in [0.25, 0.3) is 11.5 Å². The predicted octanol–water partition coefficient (Wildman–Crippen LogP) is 2.87. The molecule has 1 amide bonds. The van der Waals surface area contributed by atoms with Crippen LogP contribution in [0.5, 0.6) is 0 Å². The summed E-state index contributed by atoms with van der Waals surface area (Å²) < 4.78 is 3.09. The average molecular weight is 415 g/mol. The first-order valence-corrected chi connectivity index (χ1v) is 10.3. The van der Waals surface area contributed by atoms with Crippen molar-refractivity contribution in [2.75, 3.05) is 6.54 Å². The smallest absolute Gasteiger partial charge is 0.267 e. The van der Waals surface area contributed by atoms with Crippen LogP contribution in [-0.2, 0) is 6.54 Å². The molecule has 0 aliphatic heterocycles. The molecule has 3 aromatic heterocycles. The van der Waals surface area contributed by atoms with E-state index < -0.39 is 0 Å². The molecule has 0 unspecified atom stereocenters. The quantitative estimate of drug-likeness (QED) is 0.491. The highest BCUT2D eigenvalue weighted by Gasteiger charge is 2.18. The molecular weight excluding hydrogens is 390 g/mol. The van der Waals surface area contributed by atoms with Gasteiger partial charge in [0.05, 0.1) is 17.5 Å². The summed E-state index contributed by atoms with van der Waals surface area (Å²) in [6.07, 6.45) is 1.65. The van der Waals surface area contributed by atoms with Gasteiger partial charge in [-0.2, -0.15) is 0 Å². The van der Waals surface area contributed by atoms with Crippen LogP contribution in [0.4, 0.5) is 0 Å². The maximum atomic E-state index is 13.2. The zero-order valence-corrected chi connectivity index (χ0v) is 17.8. The van der Waals surface area contributed by atoms with Gasteiger partial charge in [0.15, 0.2) is 0 Å². The van der Waals surface area contributed by atoms with E-state index in [1.807, 2.05) is 51.1 Å². The van der Waals surface area contributed by atoms with Gasteiger partial charge in [-0.1, -0.05) is 49.7 Å². The van der Waals surface area contributed by atoms with Crippen molar-refractivity contribution < 1.29 is 4.79 Å². The van der Waals surface area contributed by atoms with E-state index in [-0.39, 0.29) is 28.4 Å². The Morgan fingerprint density at radius 3 is 2.61 bits per heavy atom. The van der Waals surface area contributed by atoms with Gasteiger partial charge in [-0.3, -0.25) is 19.4 Å². The number of nitrogens with zero attached hydrogens (tertiary/aromatic N) is 3.